The summed E-state index contributed by atoms with van der Waals surface area (Å²) in [7, 11) is 0. The number of aryl methyl sites for hydroxylation is 1. The zero-order valence-corrected chi connectivity index (χ0v) is 13.4. The van der Waals surface area contributed by atoms with Crippen molar-refractivity contribution in [3.05, 3.63) is 24.5 Å². The molecule has 20 heavy (non-hydrogen) atoms. The third-order valence-corrected chi connectivity index (χ3v) is 3.91. The molecule has 0 spiro atoms. The highest BCUT2D eigenvalue weighted by Gasteiger charge is 1.99. The second-order valence-electron chi connectivity index (χ2n) is 5.85. The van der Waals surface area contributed by atoms with Gasteiger partial charge < -0.3 is 0 Å². The molecule has 0 aromatic carbocycles. The molecule has 0 aliphatic carbocycles. The number of aromatic nitrogens is 2. The molecule has 1 aromatic rings. The molecule has 1 aromatic heterocycles. The molecular formula is C18H33N2+. The summed E-state index contributed by atoms with van der Waals surface area (Å²) < 4.78 is 2.04. The Bertz CT molecular complexity index is 298. The molecule has 0 amide bonds. The largest absolute Gasteiger partial charge is 0.196 e. The van der Waals surface area contributed by atoms with Crippen LogP contribution in [0, 0.1) is 0 Å². The topological polar surface area (TPSA) is 16.8 Å². The van der Waals surface area contributed by atoms with E-state index in [0.29, 0.717) is 0 Å². The molecule has 2 heteroatoms. The van der Waals surface area contributed by atoms with Crippen LogP contribution in [0.5, 0.6) is 0 Å². The van der Waals surface area contributed by atoms with Gasteiger partial charge in [-0.1, -0.05) is 75.8 Å². The quantitative estimate of drug-likeness (QED) is 0.363. The highest BCUT2D eigenvalue weighted by Crippen LogP contribution is 2.11. The van der Waals surface area contributed by atoms with Crippen molar-refractivity contribution in [2.45, 2.75) is 90.5 Å². The summed E-state index contributed by atoms with van der Waals surface area (Å²) in [5.74, 6) is 0. The van der Waals surface area contributed by atoms with Gasteiger partial charge in [-0.25, -0.2) is 0 Å². The molecule has 2 nitrogen and oxygen atoms in total. The first-order valence-corrected chi connectivity index (χ1v) is 8.74. The Hall–Kier alpha value is -0.920. The van der Waals surface area contributed by atoms with Crippen molar-refractivity contribution < 1.29 is 4.68 Å². The summed E-state index contributed by atoms with van der Waals surface area (Å²) in [6.45, 7) is 3.35. The number of nitrogens with zero attached hydrogens (tertiary/aromatic N) is 2. The van der Waals surface area contributed by atoms with Crippen molar-refractivity contribution in [2.75, 3.05) is 0 Å². The fourth-order valence-electron chi connectivity index (χ4n) is 2.61. The Labute approximate surface area is 125 Å². The average Bonchev–Trinajstić information content (AvgIpc) is 2.49. The van der Waals surface area contributed by atoms with Crippen molar-refractivity contribution >= 4 is 0 Å². The summed E-state index contributed by atoms with van der Waals surface area (Å²) in [6.07, 6.45) is 20.8. The van der Waals surface area contributed by atoms with Crippen LogP contribution in [-0.2, 0) is 6.54 Å². The van der Waals surface area contributed by atoms with Gasteiger partial charge in [-0.15, -0.1) is 0 Å². The van der Waals surface area contributed by atoms with E-state index in [-0.39, 0.29) is 0 Å². The first kappa shape index (κ1) is 17.1. The van der Waals surface area contributed by atoms with E-state index in [2.05, 4.69) is 18.2 Å². The molecular weight excluding hydrogens is 244 g/mol. The van der Waals surface area contributed by atoms with Crippen molar-refractivity contribution in [2.24, 2.45) is 0 Å². The maximum atomic E-state index is 4.28. The van der Waals surface area contributed by atoms with Gasteiger partial charge in [-0.2, -0.15) is 0 Å². The van der Waals surface area contributed by atoms with E-state index in [9.17, 15) is 0 Å². The van der Waals surface area contributed by atoms with Gasteiger partial charge in [0.15, 0.2) is 12.7 Å². The Morgan fingerprint density at radius 1 is 0.700 bits per heavy atom. The first-order valence-electron chi connectivity index (χ1n) is 8.74. The number of hydrogen-bond donors (Lipinski definition) is 0. The third kappa shape index (κ3) is 9.94. The van der Waals surface area contributed by atoms with E-state index in [0.717, 1.165) is 6.54 Å². The first-order chi connectivity index (χ1) is 9.93. The molecule has 0 aliphatic rings. The van der Waals surface area contributed by atoms with Gasteiger partial charge in [0.1, 0.15) is 0 Å². The predicted molar refractivity (Wildman–Crippen MR) is 85.5 cm³/mol. The molecule has 1 rings (SSSR count). The highest BCUT2D eigenvalue weighted by atomic mass is 15.2. The van der Waals surface area contributed by atoms with Crippen molar-refractivity contribution in [3.63, 3.8) is 0 Å². The molecule has 0 saturated heterocycles. The van der Waals surface area contributed by atoms with Gasteiger partial charge >= 0.3 is 0 Å². The SMILES string of the molecule is CCCCCCCCCCCCCC[n+]1ccccn1. The Morgan fingerprint density at radius 3 is 1.75 bits per heavy atom. The van der Waals surface area contributed by atoms with E-state index < -0.39 is 0 Å². The van der Waals surface area contributed by atoms with Gasteiger partial charge in [0.05, 0.1) is 6.20 Å². The van der Waals surface area contributed by atoms with Crippen LogP contribution >= 0.6 is 0 Å². The van der Waals surface area contributed by atoms with Crippen molar-refractivity contribution in [1.82, 2.24) is 5.10 Å². The highest BCUT2D eigenvalue weighted by molar-refractivity contribution is 4.76. The number of hydrogen-bond acceptors (Lipinski definition) is 1. The zero-order valence-electron chi connectivity index (χ0n) is 13.4. The second-order valence-corrected chi connectivity index (χ2v) is 5.85. The van der Waals surface area contributed by atoms with Gasteiger partial charge in [0.25, 0.3) is 0 Å². The zero-order chi connectivity index (χ0) is 14.3. The van der Waals surface area contributed by atoms with Gasteiger partial charge in [-0.3, -0.25) is 0 Å². The summed E-state index contributed by atoms with van der Waals surface area (Å²) in [5, 5.41) is 4.28. The van der Waals surface area contributed by atoms with Crippen LogP contribution < -0.4 is 4.68 Å². The van der Waals surface area contributed by atoms with Crippen LogP contribution in [0.15, 0.2) is 24.5 Å². The van der Waals surface area contributed by atoms with E-state index in [1.807, 2.05) is 23.0 Å². The fraction of sp³-hybridized carbons (Fsp3) is 0.778. The Morgan fingerprint density at radius 2 is 1.25 bits per heavy atom. The van der Waals surface area contributed by atoms with Gasteiger partial charge in [0, 0.05) is 12.5 Å². The lowest BCUT2D eigenvalue weighted by atomic mass is 10.1. The number of unbranched alkanes of at least 4 members (excludes halogenated alkanes) is 11. The molecule has 0 fully saturated rings. The normalized spacial score (nSPS) is 10.8. The van der Waals surface area contributed by atoms with Gasteiger partial charge in [-0.05, 0) is 17.6 Å². The van der Waals surface area contributed by atoms with Crippen molar-refractivity contribution in [1.29, 1.82) is 0 Å². The predicted octanol–water partition coefficient (Wildman–Crippen LogP) is 5.07. The van der Waals surface area contributed by atoms with Crippen LogP contribution in [0.3, 0.4) is 0 Å². The maximum absolute atomic E-state index is 4.28. The molecule has 0 radical (unpaired) electrons. The van der Waals surface area contributed by atoms with Crippen LogP contribution in [0.4, 0.5) is 0 Å². The molecule has 0 aliphatic heterocycles. The summed E-state index contributed by atoms with van der Waals surface area (Å²) >= 11 is 0. The molecule has 0 saturated carbocycles. The second kappa shape index (κ2) is 13.1. The molecule has 0 atom stereocenters. The van der Waals surface area contributed by atoms with E-state index in [1.54, 1.807) is 0 Å². The molecule has 1 heterocycles. The lowest BCUT2D eigenvalue weighted by molar-refractivity contribution is -0.754. The standard InChI is InChI=1S/C18H33N2/c1-2-3-4-5-6-7-8-9-10-11-12-14-17-20-18-15-13-16-19-20/h13,15-16,18H,2-12,14,17H2,1H3/q+1. The molecule has 0 N–H and O–H groups in total. The monoisotopic (exact) mass is 277 g/mol. The van der Waals surface area contributed by atoms with E-state index in [1.165, 1.54) is 77.0 Å². The van der Waals surface area contributed by atoms with Gasteiger partial charge in [0.2, 0.25) is 0 Å². The molecule has 114 valence electrons. The minimum atomic E-state index is 1.07. The smallest absolute Gasteiger partial charge is 0.0913 e. The minimum Gasteiger partial charge on any atom is -0.0913 e. The van der Waals surface area contributed by atoms with Crippen LogP contribution in [0.2, 0.25) is 0 Å². The number of rotatable bonds is 13. The lowest BCUT2D eigenvalue weighted by Gasteiger charge is -2.01. The minimum absolute atomic E-state index is 1.07. The summed E-state index contributed by atoms with van der Waals surface area (Å²) in [4.78, 5) is 0. The molecule has 0 unspecified atom stereocenters. The Kier molecular flexibility index (Phi) is 11.2. The van der Waals surface area contributed by atoms with Crippen LogP contribution in [-0.4, -0.2) is 5.10 Å². The summed E-state index contributed by atoms with van der Waals surface area (Å²) in [6, 6.07) is 4.02. The van der Waals surface area contributed by atoms with E-state index in [4.69, 9.17) is 0 Å². The fourth-order valence-corrected chi connectivity index (χ4v) is 2.61. The summed E-state index contributed by atoms with van der Waals surface area (Å²) in [5.41, 5.74) is 0. The van der Waals surface area contributed by atoms with Crippen LogP contribution in [0.1, 0.15) is 84.0 Å². The van der Waals surface area contributed by atoms with Crippen molar-refractivity contribution in [3.8, 4) is 0 Å². The lowest BCUT2D eigenvalue weighted by Crippen LogP contribution is -2.36. The Balaban J connectivity index is 1.77. The third-order valence-electron chi connectivity index (χ3n) is 3.91. The van der Waals surface area contributed by atoms with E-state index >= 15 is 0 Å². The van der Waals surface area contributed by atoms with Crippen LogP contribution in [0.25, 0.3) is 0 Å². The molecule has 0 bridgehead atoms. The maximum Gasteiger partial charge on any atom is 0.196 e. The average molecular weight is 277 g/mol.